The van der Waals surface area contributed by atoms with Crippen molar-refractivity contribution in [1.29, 1.82) is 0 Å². The number of rotatable bonds is 2. The molecular weight excluding hydrogens is 254 g/mol. The van der Waals surface area contributed by atoms with Crippen molar-refractivity contribution in [2.75, 3.05) is 32.1 Å². The molecule has 2 bridgehead atoms. The molecule has 0 aliphatic carbocycles. The maximum absolute atomic E-state index is 11.6. The van der Waals surface area contributed by atoms with Crippen molar-refractivity contribution in [1.82, 2.24) is 9.88 Å². The van der Waals surface area contributed by atoms with Gasteiger partial charge in [-0.05, 0) is 38.4 Å². The summed E-state index contributed by atoms with van der Waals surface area (Å²) in [5.74, 6) is 0.580. The molecule has 108 valence electrons. The molecule has 0 N–H and O–H groups in total. The van der Waals surface area contributed by atoms with E-state index in [9.17, 15) is 4.79 Å². The van der Waals surface area contributed by atoms with Crippen LogP contribution < -0.4 is 4.90 Å². The molecule has 1 aromatic heterocycles. The number of fused-ring (bicyclic) bond motifs is 2. The maximum Gasteiger partial charge on any atom is 0.338 e. The number of hydrogen-bond donors (Lipinski definition) is 0. The average Bonchev–Trinajstić information content (AvgIpc) is 2.71. The molecule has 0 amide bonds. The first kappa shape index (κ1) is 13.4. The first-order valence-corrected chi connectivity index (χ1v) is 7.20. The van der Waals surface area contributed by atoms with Crippen LogP contribution in [0.5, 0.6) is 0 Å². The average molecular weight is 275 g/mol. The molecule has 2 saturated heterocycles. The van der Waals surface area contributed by atoms with Gasteiger partial charge in [0.25, 0.3) is 0 Å². The summed E-state index contributed by atoms with van der Waals surface area (Å²) in [6, 6.07) is 4.84. The molecule has 2 unspecified atom stereocenters. The third kappa shape index (κ3) is 2.38. The van der Waals surface area contributed by atoms with Crippen LogP contribution >= 0.6 is 0 Å². The highest BCUT2D eigenvalue weighted by molar-refractivity contribution is 5.90. The van der Waals surface area contributed by atoms with Gasteiger partial charge in [0.05, 0.1) is 12.7 Å². The molecule has 3 rings (SSSR count). The van der Waals surface area contributed by atoms with Gasteiger partial charge >= 0.3 is 5.97 Å². The second-order valence-electron chi connectivity index (χ2n) is 5.68. The highest BCUT2D eigenvalue weighted by Crippen LogP contribution is 2.30. The normalized spacial score (nSPS) is 26.4. The van der Waals surface area contributed by atoms with Crippen LogP contribution in [0.15, 0.2) is 18.3 Å². The second kappa shape index (κ2) is 5.40. The summed E-state index contributed by atoms with van der Waals surface area (Å²) in [4.78, 5) is 20.9. The Balaban J connectivity index is 1.81. The van der Waals surface area contributed by atoms with Crippen LogP contribution in [0, 0.1) is 0 Å². The maximum atomic E-state index is 11.6. The molecule has 0 saturated carbocycles. The Kier molecular flexibility index (Phi) is 3.61. The van der Waals surface area contributed by atoms with Crippen LogP contribution in [0.3, 0.4) is 0 Å². The van der Waals surface area contributed by atoms with E-state index in [0.717, 1.165) is 25.3 Å². The molecule has 2 atom stereocenters. The number of hydrogen-bond acceptors (Lipinski definition) is 5. The van der Waals surface area contributed by atoms with Gasteiger partial charge < -0.3 is 9.64 Å². The number of methoxy groups -OCH3 is 1. The van der Waals surface area contributed by atoms with Gasteiger partial charge in [0.15, 0.2) is 0 Å². The summed E-state index contributed by atoms with van der Waals surface area (Å²) in [6.45, 7) is 1.99. The molecule has 2 aliphatic heterocycles. The molecule has 5 nitrogen and oxygen atoms in total. The molecule has 2 fully saturated rings. The van der Waals surface area contributed by atoms with Crippen molar-refractivity contribution in [3.63, 3.8) is 0 Å². The highest BCUT2D eigenvalue weighted by atomic mass is 16.5. The fourth-order valence-corrected chi connectivity index (χ4v) is 3.35. The van der Waals surface area contributed by atoms with Crippen molar-refractivity contribution in [3.8, 4) is 0 Å². The Morgan fingerprint density at radius 2 is 2.15 bits per heavy atom. The molecule has 20 heavy (non-hydrogen) atoms. The molecule has 1 aromatic rings. The number of pyridine rings is 1. The summed E-state index contributed by atoms with van der Waals surface area (Å²) in [5, 5.41) is 0. The van der Waals surface area contributed by atoms with Gasteiger partial charge in [-0.25, -0.2) is 9.78 Å². The van der Waals surface area contributed by atoms with E-state index in [0.29, 0.717) is 17.6 Å². The van der Waals surface area contributed by atoms with Crippen molar-refractivity contribution in [3.05, 3.63) is 23.9 Å². The molecule has 5 heteroatoms. The predicted octanol–water partition coefficient (Wildman–Crippen LogP) is 1.54. The topological polar surface area (TPSA) is 45.7 Å². The van der Waals surface area contributed by atoms with E-state index < -0.39 is 0 Å². The first-order valence-electron chi connectivity index (χ1n) is 7.20. The largest absolute Gasteiger partial charge is 0.465 e. The second-order valence-corrected chi connectivity index (χ2v) is 5.68. The molecule has 0 radical (unpaired) electrons. The Hall–Kier alpha value is -1.62. The van der Waals surface area contributed by atoms with Gasteiger partial charge in [0, 0.05) is 31.4 Å². The van der Waals surface area contributed by atoms with Crippen LogP contribution in [0.2, 0.25) is 0 Å². The predicted molar refractivity (Wildman–Crippen MR) is 77.0 cm³/mol. The van der Waals surface area contributed by atoms with E-state index >= 15 is 0 Å². The number of anilines is 1. The number of esters is 1. The van der Waals surface area contributed by atoms with E-state index in [1.165, 1.54) is 20.0 Å². The zero-order valence-electron chi connectivity index (χ0n) is 12.1. The molecular formula is C15H21N3O2. The van der Waals surface area contributed by atoms with Crippen LogP contribution in [0.25, 0.3) is 0 Å². The van der Waals surface area contributed by atoms with Gasteiger partial charge in [-0.3, -0.25) is 4.90 Å². The molecule has 0 spiro atoms. The van der Waals surface area contributed by atoms with Crippen molar-refractivity contribution in [2.45, 2.75) is 31.3 Å². The first-order chi connectivity index (χ1) is 9.69. The van der Waals surface area contributed by atoms with Crippen LogP contribution in [-0.2, 0) is 4.74 Å². The zero-order valence-corrected chi connectivity index (χ0v) is 12.1. The molecule has 3 heterocycles. The fraction of sp³-hybridized carbons (Fsp3) is 0.600. The lowest BCUT2D eigenvalue weighted by Crippen LogP contribution is -2.37. The van der Waals surface area contributed by atoms with E-state index in [-0.39, 0.29) is 5.97 Å². The minimum atomic E-state index is -0.304. The van der Waals surface area contributed by atoms with Crippen molar-refractivity contribution < 1.29 is 9.53 Å². The SMILES string of the molecule is COC(=O)c1ccnc(N2CCC3CCC(C2)N3C)c1. The fourth-order valence-electron chi connectivity index (χ4n) is 3.35. The Morgan fingerprint density at radius 3 is 2.95 bits per heavy atom. The number of nitrogens with zero attached hydrogens (tertiary/aromatic N) is 3. The highest BCUT2D eigenvalue weighted by Gasteiger charge is 2.34. The van der Waals surface area contributed by atoms with E-state index in [1.54, 1.807) is 12.3 Å². The quantitative estimate of drug-likeness (QED) is 0.766. The number of carbonyl (C=O) groups excluding carboxylic acids is 1. The molecule has 0 aromatic carbocycles. The van der Waals surface area contributed by atoms with Gasteiger partial charge in [0.2, 0.25) is 0 Å². The minimum absolute atomic E-state index is 0.304. The third-order valence-electron chi connectivity index (χ3n) is 4.64. The van der Waals surface area contributed by atoms with Crippen molar-refractivity contribution >= 4 is 11.8 Å². The van der Waals surface area contributed by atoms with Gasteiger partial charge in [-0.1, -0.05) is 0 Å². The Bertz CT molecular complexity index is 506. The van der Waals surface area contributed by atoms with E-state index in [1.807, 2.05) is 6.07 Å². The van der Waals surface area contributed by atoms with Gasteiger partial charge in [-0.2, -0.15) is 0 Å². The minimum Gasteiger partial charge on any atom is -0.465 e. The van der Waals surface area contributed by atoms with Gasteiger partial charge in [0.1, 0.15) is 5.82 Å². The Morgan fingerprint density at radius 1 is 1.35 bits per heavy atom. The summed E-state index contributed by atoms with van der Waals surface area (Å²) < 4.78 is 4.78. The Labute approximate surface area is 119 Å². The summed E-state index contributed by atoms with van der Waals surface area (Å²) in [7, 11) is 3.63. The van der Waals surface area contributed by atoms with E-state index in [2.05, 4.69) is 21.8 Å². The lowest BCUT2D eigenvalue weighted by Gasteiger charge is -2.26. The summed E-state index contributed by atoms with van der Waals surface area (Å²) >= 11 is 0. The lowest BCUT2D eigenvalue weighted by atomic mass is 10.1. The monoisotopic (exact) mass is 275 g/mol. The van der Waals surface area contributed by atoms with Crippen LogP contribution in [-0.4, -0.2) is 55.2 Å². The number of carbonyl (C=O) groups is 1. The van der Waals surface area contributed by atoms with E-state index in [4.69, 9.17) is 4.74 Å². The molecule has 2 aliphatic rings. The summed E-state index contributed by atoms with van der Waals surface area (Å²) in [6.07, 6.45) is 5.42. The number of ether oxygens (including phenoxy) is 1. The third-order valence-corrected chi connectivity index (χ3v) is 4.64. The lowest BCUT2D eigenvalue weighted by molar-refractivity contribution is 0.0600. The number of aromatic nitrogens is 1. The standard InChI is InChI=1S/C15H21N3O2/c1-17-12-3-4-13(17)10-18(8-6-12)14-9-11(5-7-16-14)15(19)20-2/h5,7,9,12-13H,3-4,6,8,10H2,1-2H3. The smallest absolute Gasteiger partial charge is 0.338 e. The van der Waals surface area contributed by atoms with Crippen LogP contribution in [0.1, 0.15) is 29.6 Å². The zero-order chi connectivity index (χ0) is 14.1. The van der Waals surface area contributed by atoms with Crippen molar-refractivity contribution in [2.24, 2.45) is 0 Å². The summed E-state index contributed by atoms with van der Waals surface area (Å²) in [5.41, 5.74) is 0.570. The van der Waals surface area contributed by atoms with Gasteiger partial charge in [-0.15, -0.1) is 0 Å². The van der Waals surface area contributed by atoms with Crippen LogP contribution in [0.4, 0.5) is 5.82 Å². The number of likely N-dealkylation sites (N-methyl/N-ethyl adjacent to an activating group) is 1.